The summed E-state index contributed by atoms with van der Waals surface area (Å²) in [6.07, 6.45) is 2.32. The van der Waals surface area contributed by atoms with Crippen molar-refractivity contribution < 1.29 is 11.0 Å². The number of nitrogen functional groups attached to an aromatic ring is 1. The third-order valence-corrected chi connectivity index (χ3v) is 5.87. The molecule has 1 heterocycles. The monoisotopic (exact) mass is 427 g/mol. The molecule has 2 amide bonds. The fourth-order valence-corrected chi connectivity index (χ4v) is 4.16. The Balaban J connectivity index is 0.00000306. The number of carbonyl (C=O) groups excluding carboxylic acids is 2. The van der Waals surface area contributed by atoms with E-state index < -0.39 is 0 Å². The first-order valence-electron chi connectivity index (χ1n) is 10.7. The number of amides is 2. The van der Waals surface area contributed by atoms with Crippen LogP contribution in [0, 0.1) is 0 Å². The lowest BCUT2D eigenvalue weighted by atomic mass is 10.00. The van der Waals surface area contributed by atoms with Crippen LogP contribution in [0.5, 0.6) is 0 Å². The van der Waals surface area contributed by atoms with Crippen molar-refractivity contribution >= 4 is 23.6 Å². The predicted molar refractivity (Wildman–Crippen MR) is 130 cm³/mol. The highest BCUT2D eigenvalue weighted by molar-refractivity contribution is 5.98. The Morgan fingerprint density at radius 1 is 1.03 bits per heavy atom. The zero-order chi connectivity index (χ0) is 22.5. The van der Waals surface area contributed by atoms with E-state index in [-0.39, 0.29) is 25.8 Å². The minimum absolute atomic E-state index is 0. The maximum absolute atomic E-state index is 13.3. The van der Waals surface area contributed by atoms with Gasteiger partial charge in [-0.3, -0.25) is 9.59 Å². The Hall–Kier alpha value is -3.86. The van der Waals surface area contributed by atoms with Crippen LogP contribution in [0.3, 0.4) is 0 Å². The van der Waals surface area contributed by atoms with E-state index in [0.29, 0.717) is 36.3 Å². The van der Waals surface area contributed by atoms with E-state index >= 15 is 0 Å². The van der Waals surface area contributed by atoms with Crippen LogP contribution in [0.2, 0.25) is 0 Å². The average molecular weight is 428 g/mol. The highest BCUT2D eigenvalue weighted by atomic mass is 16.2. The Bertz CT molecular complexity index is 1120. The van der Waals surface area contributed by atoms with Crippen molar-refractivity contribution in [2.75, 3.05) is 18.8 Å². The van der Waals surface area contributed by atoms with Crippen molar-refractivity contribution in [3.8, 4) is 0 Å². The molecule has 5 heteroatoms. The molecule has 4 rings (SSSR count). The SMILES string of the molecule is C=Cc1cc(C(=O)N2CC(=O)N(Cc3ccccc3)[C@@H](Cc3ccccc3)C2)ccc1N.[HH]. The number of nitrogens with zero attached hydrogens (tertiary/aromatic N) is 2. The number of hydrogen-bond acceptors (Lipinski definition) is 3. The molecule has 0 saturated carbocycles. The van der Waals surface area contributed by atoms with Crippen LogP contribution in [0.1, 0.15) is 28.5 Å². The molecule has 0 bridgehead atoms. The summed E-state index contributed by atoms with van der Waals surface area (Å²) >= 11 is 0. The lowest BCUT2D eigenvalue weighted by Gasteiger charge is -2.41. The molecule has 0 aromatic heterocycles. The highest BCUT2D eigenvalue weighted by Gasteiger charge is 2.35. The molecule has 0 spiro atoms. The zero-order valence-electron chi connectivity index (χ0n) is 18.0. The second-order valence-corrected chi connectivity index (χ2v) is 8.08. The number of anilines is 1. The maximum Gasteiger partial charge on any atom is 0.254 e. The standard InChI is InChI=1S/C27H27N3O2.H2/c1-2-22-16-23(13-14-25(22)28)27(32)29-18-24(15-20-9-5-3-6-10-20)30(26(31)19-29)17-21-11-7-4-8-12-21;/h2-14,16,24H,1,15,17-19,28H2;1H/t24-;/m0./s1. The second kappa shape index (κ2) is 9.52. The Labute approximate surface area is 190 Å². The molecule has 3 aromatic rings. The molecular weight excluding hydrogens is 398 g/mol. The van der Waals surface area contributed by atoms with E-state index in [1.54, 1.807) is 29.2 Å². The number of benzene rings is 3. The first kappa shape index (κ1) is 21.4. The van der Waals surface area contributed by atoms with Crippen LogP contribution >= 0.6 is 0 Å². The number of carbonyl (C=O) groups is 2. The van der Waals surface area contributed by atoms with Crippen molar-refractivity contribution in [3.05, 3.63) is 108 Å². The van der Waals surface area contributed by atoms with Crippen LogP contribution in [-0.2, 0) is 17.8 Å². The minimum Gasteiger partial charge on any atom is -0.398 e. The summed E-state index contributed by atoms with van der Waals surface area (Å²) in [4.78, 5) is 30.0. The van der Waals surface area contributed by atoms with Crippen LogP contribution in [0.15, 0.2) is 85.4 Å². The Morgan fingerprint density at radius 2 is 1.69 bits per heavy atom. The molecule has 0 unspecified atom stereocenters. The normalized spacial score (nSPS) is 16.1. The van der Waals surface area contributed by atoms with E-state index in [1.807, 2.05) is 53.4 Å². The van der Waals surface area contributed by atoms with Gasteiger partial charge in [0.2, 0.25) is 5.91 Å². The van der Waals surface area contributed by atoms with Crippen LogP contribution in [0.25, 0.3) is 6.08 Å². The first-order chi connectivity index (χ1) is 15.5. The van der Waals surface area contributed by atoms with Crippen molar-refractivity contribution in [3.63, 3.8) is 0 Å². The highest BCUT2D eigenvalue weighted by Crippen LogP contribution is 2.22. The van der Waals surface area contributed by atoms with Gasteiger partial charge < -0.3 is 15.5 Å². The molecule has 1 aliphatic rings. The molecule has 164 valence electrons. The molecule has 2 N–H and O–H groups in total. The van der Waals surface area contributed by atoms with Gasteiger partial charge in [-0.2, -0.15) is 0 Å². The molecule has 1 atom stereocenters. The van der Waals surface area contributed by atoms with Crippen molar-refractivity contribution in [2.24, 2.45) is 0 Å². The van der Waals surface area contributed by atoms with E-state index in [2.05, 4.69) is 18.7 Å². The van der Waals surface area contributed by atoms with E-state index in [1.165, 1.54) is 0 Å². The van der Waals surface area contributed by atoms with Gasteiger partial charge in [0.15, 0.2) is 0 Å². The molecule has 0 aliphatic carbocycles. The van der Waals surface area contributed by atoms with Crippen LogP contribution in [0.4, 0.5) is 5.69 Å². The topological polar surface area (TPSA) is 66.6 Å². The predicted octanol–water partition coefficient (Wildman–Crippen LogP) is 4.25. The smallest absolute Gasteiger partial charge is 0.254 e. The fraction of sp³-hybridized carbons (Fsp3) is 0.185. The molecule has 0 radical (unpaired) electrons. The summed E-state index contributed by atoms with van der Waals surface area (Å²) in [5, 5.41) is 0. The summed E-state index contributed by atoms with van der Waals surface area (Å²) in [5.41, 5.74) is 9.95. The third kappa shape index (κ3) is 4.72. The van der Waals surface area contributed by atoms with Gasteiger partial charge in [-0.15, -0.1) is 0 Å². The average Bonchev–Trinajstić information content (AvgIpc) is 2.82. The molecule has 1 saturated heterocycles. The number of nitrogens with two attached hydrogens (primary N) is 1. The quantitative estimate of drug-likeness (QED) is 0.598. The van der Waals surface area contributed by atoms with Gasteiger partial charge in [-0.25, -0.2) is 0 Å². The zero-order valence-corrected chi connectivity index (χ0v) is 18.0. The van der Waals surface area contributed by atoms with Gasteiger partial charge >= 0.3 is 0 Å². The molecule has 5 nitrogen and oxygen atoms in total. The number of piperazine rings is 1. The number of hydrogen-bond donors (Lipinski definition) is 1. The van der Waals surface area contributed by atoms with Gasteiger partial charge in [-0.05, 0) is 41.3 Å². The second-order valence-electron chi connectivity index (χ2n) is 8.08. The molecule has 1 aliphatic heterocycles. The minimum atomic E-state index is -0.168. The summed E-state index contributed by atoms with van der Waals surface area (Å²) < 4.78 is 0. The van der Waals surface area contributed by atoms with Gasteiger partial charge in [0.1, 0.15) is 6.54 Å². The fourth-order valence-electron chi connectivity index (χ4n) is 4.16. The van der Waals surface area contributed by atoms with E-state index in [4.69, 9.17) is 5.73 Å². The first-order valence-corrected chi connectivity index (χ1v) is 10.7. The van der Waals surface area contributed by atoms with E-state index in [9.17, 15) is 9.59 Å². The van der Waals surface area contributed by atoms with Crippen molar-refractivity contribution in [1.29, 1.82) is 0 Å². The lowest BCUT2D eigenvalue weighted by Crippen LogP contribution is -2.58. The van der Waals surface area contributed by atoms with Gasteiger partial charge in [0.25, 0.3) is 5.91 Å². The van der Waals surface area contributed by atoms with Gasteiger partial charge in [-0.1, -0.05) is 73.3 Å². The molecule has 32 heavy (non-hydrogen) atoms. The van der Waals surface area contributed by atoms with Crippen LogP contribution in [-0.4, -0.2) is 40.7 Å². The Kier molecular flexibility index (Phi) is 6.36. The third-order valence-electron chi connectivity index (χ3n) is 5.87. The summed E-state index contributed by atoms with van der Waals surface area (Å²) in [7, 11) is 0. The summed E-state index contributed by atoms with van der Waals surface area (Å²) in [6, 6.07) is 25.1. The summed E-state index contributed by atoms with van der Waals surface area (Å²) in [6.45, 7) is 4.82. The molecule has 1 fully saturated rings. The Morgan fingerprint density at radius 3 is 2.34 bits per heavy atom. The van der Waals surface area contributed by atoms with Gasteiger partial charge in [0, 0.05) is 25.8 Å². The van der Waals surface area contributed by atoms with Crippen LogP contribution < -0.4 is 5.73 Å². The largest absolute Gasteiger partial charge is 0.398 e. The lowest BCUT2D eigenvalue weighted by molar-refractivity contribution is -0.139. The van der Waals surface area contributed by atoms with Crippen molar-refractivity contribution in [2.45, 2.75) is 19.0 Å². The number of rotatable bonds is 6. The summed E-state index contributed by atoms with van der Waals surface area (Å²) in [5.74, 6) is -0.215. The maximum atomic E-state index is 13.3. The molecular formula is C27H29N3O2. The van der Waals surface area contributed by atoms with Gasteiger partial charge in [0.05, 0.1) is 6.04 Å². The van der Waals surface area contributed by atoms with E-state index in [0.717, 1.165) is 11.1 Å². The molecule has 3 aromatic carbocycles. The van der Waals surface area contributed by atoms with Crippen molar-refractivity contribution in [1.82, 2.24) is 9.80 Å².